The summed E-state index contributed by atoms with van der Waals surface area (Å²) in [7, 11) is 5.35. The Balaban J connectivity index is 0.00000261. The maximum atomic E-state index is 9.61. The van der Waals surface area contributed by atoms with Crippen LogP contribution < -0.4 is 14.4 Å². The normalized spacial score (nSPS) is 15.0. The summed E-state index contributed by atoms with van der Waals surface area (Å²) in [5.41, 5.74) is 1.43. The van der Waals surface area contributed by atoms with E-state index in [1.165, 1.54) is 5.00 Å². The Bertz CT molecular complexity index is 836. The van der Waals surface area contributed by atoms with E-state index in [1.807, 2.05) is 24.3 Å². The number of likely N-dealkylation sites (N-methyl/N-ethyl adjacent to an activating group) is 1. The number of nitriles is 1. The van der Waals surface area contributed by atoms with Crippen LogP contribution in [0.3, 0.4) is 0 Å². The highest BCUT2D eigenvalue weighted by Crippen LogP contribution is 2.33. The summed E-state index contributed by atoms with van der Waals surface area (Å²) in [6, 6.07) is 12.1. The molecular formula is C20H24ClN3O2S. The monoisotopic (exact) mass is 405 g/mol. The Labute approximate surface area is 170 Å². The lowest BCUT2D eigenvalue weighted by molar-refractivity contribution is 0.313. The molecule has 27 heavy (non-hydrogen) atoms. The molecule has 0 spiro atoms. The van der Waals surface area contributed by atoms with Gasteiger partial charge in [0, 0.05) is 31.1 Å². The summed E-state index contributed by atoms with van der Waals surface area (Å²) in [6.07, 6.45) is 1.94. The average molecular weight is 406 g/mol. The van der Waals surface area contributed by atoms with Crippen molar-refractivity contribution in [3.05, 3.63) is 40.8 Å². The number of anilines is 1. The summed E-state index contributed by atoms with van der Waals surface area (Å²) in [4.78, 5) is 5.82. The molecule has 7 heteroatoms. The topological polar surface area (TPSA) is 48.7 Å². The second-order valence-electron chi connectivity index (χ2n) is 6.21. The molecule has 2 aromatic rings. The highest BCUT2D eigenvalue weighted by atomic mass is 35.5. The fourth-order valence-electron chi connectivity index (χ4n) is 2.94. The van der Waals surface area contributed by atoms with Gasteiger partial charge in [-0.1, -0.05) is 0 Å². The Morgan fingerprint density at radius 3 is 2.41 bits per heavy atom. The van der Waals surface area contributed by atoms with E-state index in [9.17, 15) is 5.26 Å². The van der Waals surface area contributed by atoms with Crippen molar-refractivity contribution in [2.45, 2.75) is 0 Å². The quantitative estimate of drug-likeness (QED) is 0.703. The van der Waals surface area contributed by atoms with Gasteiger partial charge in [-0.05, 0) is 49.0 Å². The third-order valence-electron chi connectivity index (χ3n) is 4.53. The van der Waals surface area contributed by atoms with E-state index in [2.05, 4.69) is 35.0 Å². The predicted octanol–water partition coefficient (Wildman–Crippen LogP) is 4.00. The van der Waals surface area contributed by atoms with Crippen LogP contribution in [0, 0.1) is 11.3 Å². The van der Waals surface area contributed by atoms with Crippen molar-refractivity contribution < 1.29 is 9.47 Å². The van der Waals surface area contributed by atoms with Crippen LogP contribution in [0.25, 0.3) is 11.6 Å². The summed E-state index contributed by atoms with van der Waals surface area (Å²) in [6.45, 7) is 4.25. The molecule has 2 heterocycles. The molecule has 5 nitrogen and oxygen atoms in total. The Morgan fingerprint density at radius 1 is 1.07 bits per heavy atom. The predicted molar refractivity (Wildman–Crippen MR) is 114 cm³/mol. The van der Waals surface area contributed by atoms with E-state index in [1.54, 1.807) is 25.6 Å². The molecule has 1 aliphatic rings. The number of allylic oxidation sites excluding steroid dienone is 1. The van der Waals surface area contributed by atoms with Crippen molar-refractivity contribution in [2.75, 3.05) is 52.3 Å². The zero-order valence-corrected chi connectivity index (χ0v) is 17.4. The number of thiophene rings is 1. The molecule has 0 aliphatic carbocycles. The molecule has 0 unspecified atom stereocenters. The standard InChI is InChI=1S/C20H23N3O2S.ClH/c1-22-8-10-23(11-9-22)20-7-5-17(26-20)12-16(14-21)15-4-6-18(24-2)19(13-15)25-3;/h4-7,12-13H,8-11H2,1-3H3;1H/b16-12+;. The number of hydrogen-bond donors (Lipinski definition) is 0. The van der Waals surface area contributed by atoms with Crippen LogP contribution in [-0.4, -0.2) is 52.3 Å². The van der Waals surface area contributed by atoms with Gasteiger partial charge in [-0.2, -0.15) is 5.26 Å². The van der Waals surface area contributed by atoms with Crippen LogP contribution >= 0.6 is 23.7 Å². The number of rotatable bonds is 5. The second-order valence-corrected chi connectivity index (χ2v) is 7.30. The SMILES string of the molecule is COc1ccc(/C(C#N)=C/c2ccc(N3CCN(C)CC3)s2)cc1OC.Cl. The first-order valence-electron chi connectivity index (χ1n) is 8.52. The van der Waals surface area contributed by atoms with Gasteiger partial charge >= 0.3 is 0 Å². The fraction of sp³-hybridized carbons (Fsp3) is 0.350. The minimum atomic E-state index is 0. The van der Waals surface area contributed by atoms with Crippen molar-refractivity contribution >= 4 is 40.4 Å². The van der Waals surface area contributed by atoms with Gasteiger partial charge < -0.3 is 19.3 Å². The molecule has 1 aliphatic heterocycles. The number of methoxy groups -OCH3 is 2. The van der Waals surface area contributed by atoms with Crippen LogP contribution in [-0.2, 0) is 0 Å². The van der Waals surface area contributed by atoms with Crippen molar-refractivity contribution in [2.24, 2.45) is 0 Å². The van der Waals surface area contributed by atoms with Gasteiger partial charge in [-0.25, -0.2) is 0 Å². The van der Waals surface area contributed by atoms with E-state index in [-0.39, 0.29) is 12.4 Å². The van der Waals surface area contributed by atoms with E-state index in [0.717, 1.165) is 36.6 Å². The minimum absolute atomic E-state index is 0. The molecule has 3 rings (SSSR count). The first-order chi connectivity index (χ1) is 12.6. The highest BCUT2D eigenvalue weighted by Gasteiger charge is 2.16. The number of piperazine rings is 1. The molecule has 1 aromatic carbocycles. The lowest BCUT2D eigenvalue weighted by Crippen LogP contribution is -2.44. The van der Waals surface area contributed by atoms with Gasteiger partial charge in [0.05, 0.1) is 30.9 Å². The van der Waals surface area contributed by atoms with Crippen LogP contribution in [0.2, 0.25) is 0 Å². The fourth-order valence-corrected chi connectivity index (χ4v) is 3.94. The van der Waals surface area contributed by atoms with Crippen molar-refractivity contribution in [3.8, 4) is 17.6 Å². The lowest BCUT2D eigenvalue weighted by Gasteiger charge is -2.32. The summed E-state index contributed by atoms with van der Waals surface area (Å²) in [5, 5.41) is 10.9. The first-order valence-corrected chi connectivity index (χ1v) is 9.33. The summed E-state index contributed by atoms with van der Waals surface area (Å²) in [5.74, 6) is 1.28. The van der Waals surface area contributed by atoms with Crippen LogP contribution in [0.5, 0.6) is 11.5 Å². The van der Waals surface area contributed by atoms with Gasteiger partial charge in [-0.3, -0.25) is 0 Å². The number of ether oxygens (including phenoxy) is 2. The van der Waals surface area contributed by atoms with E-state index >= 15 is 0 Å². The number of nitrogens with zero attached hydrogens (tertiary/aromatic N) is 3. The lowest BCUT2D eigenvalue weighted by atomic mass is 10.1. The Hall–Kier alpha value is -2.20. The smallest absolute Gasteiger partial charge is 0.161 e. The maximum absolute atomic E-state index is 9.61. The molecule has 144 valence electrons. The van der Waals surface area contributed by atoms with E-state index < -0.39 is 0 Å². The maximum Gasteiger partial charge on any atom is 0.161 e. The van der Waals surface area contributed by atoms with Crippen LogP contribution in [0.4, 0.5) is 5.00 Å². The molecule has 0 saturated carbocycles. The third-order valence-corrected chi connectivity index (χ3v) is 5.62. The average Bonchev–Trinajstić information content (AvgIpc) is 3.14. The van der Waals surface area contributed by atoms with Gasteiger partial charge in [0.15, 0.2) is 11.5 Å². The molecule has 0 amide bonds. The highest BCUT2D eigenvalue weighted by molar-refractivity contribution is 7.17. The molecule has 0 N–H and O–H groups in total. The molecule has 0 bridgehead atoms. The number of benzene rings is 1. The largest absolute Gasteiger partial charge is 0.493 e. The van der Waals surface area contributed by atoms with Gasteiger partial charge in [-0.15, -0.1) is 23.7 Å². The minimum Gasteiger partial charge on any atom is -0.493 e. The van der Waals surface area contributed by atoms with Crippen molar-refractivity contribution in [1.82, 2.24) is 4.90 Å². The number of halogens is 1. The van der Waals surface area contributed by atoms with Gasteiger partial charge in [0.2, 0.25) is 0 Å². The second kappa shape index (κ2) is 9.65. The Kier molecular flexibility index (Phi) is 7.55. The summed E-state index contributed by atoms with van der Waals surface area (Å²) >= 11 is 1.72. The zero-order valence-electron chi connectivity index (χ0n) is 15.8. The molecule has 1 fully saturated rings. The molecular weight excluding hydrogens is 382 g/mol. The van der Waals surface area contributed by atoms with Crippen LogP contribution in [0.1, 0.15) is 10.4 Å². The summed E-state index contributed by atoms with van der Waals surface area (Å²) < 4.78 is 10.6. The molecule has 0 radical (unpaired) electrons. The molecule has 0 atom stereocenters. The van der Waals surface area contributed by atoms with Gasteiger partial charge in [0.25, 0.3) is 0 Å². The first kappa shape index (κ1) is 21.1. The third kappa shape index (κ3) is 4.95. The molecule has 1 aromatic heterocycles. The zero-order chi connectivity index (χ0) is 18.5. The van der Waals surface area contributed by atoms with E-state index in [0.29, 0.717) is 17.1 Å². The Morgan fingerprint density at radius 2 is 1.78 bits per heavy atom. The number of hydrogen-bond acceptors (Lipinski definition) is 6. The van der Waals surface area contributed by atoms with Crippen molar-refractivity contribution in [1.29, 1.82) is 5.26 Å². The molecule has 1 saturated heterocycles. The van der Waals surface area contributed by atoms with Gasteiger partial charge in [0.1, 0.15) is 0 Å². The van der Waals surface area contributed by atoms with Crippen LogP contribution in [0.15, 0.2) is 30.3 Å². The van der Waals surface area contributed by atoms with E-state index in [4.69, 9.17) is 9.47 Å². The van der Waals surface area contributed by atoms with Crippen molar-refractivity contribution in [3.63, 3.8) is 0 Å².